The van der Waals surface area contributed by atoms with Crippen molar-refractivity contribution in [3.8, 4) is 11.5 Å². The maximum absolute atomic E-state index is 10.7. The van der Waals surface area contributed by atoms with Crippen LogP contribution in [0.3, 0.4) is 0 Å². The highest BCUT2D eigenvalue weighted by Gasteiger charge is 2.13. The number of carboxylic acids is 1. The minimum Gasteiger partial charge on any atom is -0.503 e. The molecule has 15 heavy (non-hydrogen) atoms. The number of benzene rings is 1. The molecule has 0 bridgehead atoms. The van der Waals surface area contributed by atoms with Gasteiger partial charge in [0.15, 0.2) is 11.5 Å². The van der Waals surface area contributed by atoms with Crippen LogP contribution >= 0.6 is 0 Å². The van der Waals surface area contributed by atoms with E-state index in [0.717, 1.165) is 0 Å². The fraction of sp³-hybridized carbons (Fsp3) is 0.222. The number of hydrogen-bond donors (Lipinski definition) is 3. The number of hydrogen-bond acceptors (Lipinski definition) is 5. The molecule has 0 aliphatic rings. The summed E-state index contributed by atoms with van der Waals surface area (Å²) in [5.74, 6) is -1.26. The molecule has 0 unspecified atom stereocenters. The summed E-state index contributed by atoms with van der Waals surface area (Å²) in [5.41, 5.74) is 2.48. The SMILES string of the molecule is CONc1cc(C(=O)O)cc(OC)c1O. The molecule has 0 atom stereocenters. The lowest BCUT2D eigenvalue weighted by atomic mass is 10.1. The molecular weight excluding hydrogens is 202 g/mol. The van der Waals surface area contributed by atoms with Crippen molar-refractivity contribution in [3.05, 3.63) is 17.7 Å². The van der Waals surface area contributed by atoms with Crippen molar-refractivity contribution in [2.75, 3.05) is 19.7 Å². The zero-order valence-corrected chi connectivity index (χ0v) is 8.27. The lowest BCUT2D eigenvalue weighted by Gasteiger charge is -2.10. The highest BCUT2D eigenvalue weighted by atomic mass is 16.6. The Labute approximate surface area is 86.0 Å². The Morgan fingerprint density at radius 3 is 2.53 bits per heavy atom. The Hall–Kier alpha value is -1.95. The highest BCUT2D eigenvalue weighted by Crippen LogP contribution is 2.35. The predicted molar refractivity (Wildman–Crippen MR) is 52.2 cm³/mol. The van der Waals surface area contributed by atoms with E-state index >= 15 is 0 Å². The van der Waals surface area contributed by atoms with Crippen LogP contribution in [0.4, 0.5) is 5.69 Å². The van der Waals surface area contributed by atoms with Gasteiger partial charge in [0.2, 0.25) is 0 Å². The van der Waals surface area contributed by atoms with Crippen LogP contribution in [0.2, 0.25) is 0 Å². The average Bonchev–Trinajstić information content (AvgIpc) is 2.21. The number of methoxy groups -OCH3 is 1. The molecule has 0 spiro atoms. The first-order chi connectivity index (χ1) is 7.10. The molecule has 1 aromatic rings. The third-order valence-corrected chi connectivity index (χ3v) is 1.75. The molecule has 0 saturated heterocycles. The zero-order chi connectivity index (χ0) is 11.4. The van der Waals surface area contributed by atoms with Crippen LogP contribution in [0.1, 0.15) is 10.4 Å². The Morgan fingerprint density at radius 2 is 2.07 bits per heavy atom. The van der Waals surface area contributed by atoms with E-state index in [0.29, 0.717) is 0 Å². The van der Waals surface area contributed by atoms with Crippen molar-refractivity contribution < 1.29 is 24.6 Å². The van der Waals surface area contributed by atoms with Crippen molar-refractivity contribution in [3.63, 3.8) is 0 Å². The van der Waals surface area contributed by atoms with Crippen molar-refractivity contribution in [2.24, 2.45) is 0 Å². The van der Waals surface area contributed by atoms with Gasteiger partial charge in [0.1, 0.15) is 5.69 Å². The van der Waals surface area contributed by atoms with Crippen molar-refractivity contribution in [2.45, 2.75) is 0 Å². The summed E-state index contributed by atoms with van der Waals surface area (Å²) in [7, 11) is 2.68. The normalized spacial score (nSPS) is 9.73. The molecule has 1 aromatic carbocycles. The number of phenolic OH excluding ortho intramolecular Hbond substituents is 1. The second kappa shape index (κ2) is 4.52. The predicted octanol–water partition coefficient (Wildman–Crippen LogP) is 1.07. The Balaban J connectivity index is 3.25. The molecule has 1 rings (SSSR count). The number of carboxylic acid groups (broad SMARTS) is 1. The van der Waals surface area contributed by atoms with Gasteiger partial charge in [0.25, 0.3) is 0 Å². The number of nitrogens with one attached hydrogen (secondary N) is 1. The van der Waals surface area contributed by atoms with E-state index in [9.17, 15) is 9.90 Å². The number of aromatic hydroxyl groups is 1. The van der Waals surface area contributed by atoms with Gasteiger partial charge in [-0.05, 0) is 12.1 Å². The lowest BCUT2D eigenvalue weighted by Crippen LogP contribution is -2.02. The fourth-order valence-corrected chi connectivity index (χ4v) is 1.07. The van der Waals surface area contributed by atoms with Crippen LogP contribution in [0, 0.1) is 0 Å². The topological polar surface area (TPSA) is 88.0 Å². The fourth-order valence-electron chi connectivity index (χ4n) is 1.07. The molecule has 82 valence electrons. The van der Waals surface area contributed by atoms with E-state index in [1.807, 2.05) is 0 Å². The van der Waals surface area contributed by atoms with E-state index in [1.165, 1.54) is 26.4 Å². The van der Waals surface area contributed by atoms with Gasteiger partial charge in [0, 0.05) is 0 Å². The summed E-state index contributed by atoms with van der Waals surface area (Å²) in [6, 6.07) is 2.46. The Kier molecular flexibility index (Phi) is 3.35. The first-order valence-corrected chi connectivity index (χ1v) is 4.03. The summed E-state index contributed by atoms with van der Waals surface area (Å²) < 4.78 is 4.81. The van der Waals surface area contributed by atoms with Gasteiger partial charge in [-0.15, -0.1) is 0 Å². The van der Waals surface area contributed by atoms with Crippen LogP contribution in [0.25, 0.3) is 0 Å². The van der Waals surface area contributed by atoms with E-state index in [1.54, 1.807) is 0 Å². The van der Waals surface area contributed by atoms with E-state index in [-0.39, 0.29) is 22.7 Å². The van der Waals surface area contributed by atoms with Gasteiger partial charge in [-0.2, -0.15) is 0 Å². The van der Waals surface area contributed by atoms with Crippen molar-refractivity contribution in [1.29, 1.82) is 0 Å². The van der Waals surface area contributed by atoms with E-state index in [4.69, 9.17) is 9.84 Å². The van der Waals surface area contributed by atoms with Gasteiger partial charge < -0.3 is 14.9 Å². The summed E-state index contributed by atoms with van der Waals surface area (Å²) in [5, 5.41) is 18.3. The number of anilines is 1. The van der Waals surface area contributed by atoms with Gasteiger partial charge in [0.05, 0.1) is 19.8 Å². The first-order valence-electron chi connectivity index (χ1n) is 4.03. The van der Waals surface area contributed by atoms with Crippen molar-refractivity contribution >= 4 is 11.7 Å². The Bertz CT molecular complexity index is 377. The minimum atomic E-state index is -1.12. The van der Waals surface area contributed by atoms with Gasteiger partial charge >= 0.3 is 5.97 Å². The maximum Gasteiger partial charge on any atom is 0.335 e. The van der Waals surface area contributed by atoms with Crippen LogP contribution in [-0.2, 0) is 4.84 Å². The van der Waals surface area contributed by atoms with Gasteiger partial charge in [-0.3, -0.25) is 10.3 Å². The zero-order valence-electron chi connectivity index (χ0n) is 8.27. The molecule has 0 radical (unpaired) electrons. The maximum atomic E-state index is 10.7. The molecule has 0 fully saturated rings. The van der Waals surface area contributed by atoms with E-state index in [2.05, 4.69) is 10.3 Å². The largest absolute Gasteiger partial charge is 0.503 e. The summed E-state index contributed by atoms with van der Waals surface area (Å²) in [6.45, 7) is 0. The second-order valence-corrected chi connectivity index (χ2v) is 2.69. The summed E-state index contributed by atoms with van der Waals surface area (Å²) >= 11 is 0. The molecule has 6 nitrogen and oxygen atoms in total. The molecule has 0 amide bonds. The van der Waals surface area contributed by atoms with Crippen molar-refractivity contribution in [1.82, 2.24) is 0 Å². The second-order valence-electron chi connectivity index (χ2n) is 2.69. The molecule has 0 aliphatic carbocycles. The summed E-state index contributed by atoms with van der Waals surface area (Å²) in [6.07, 6.45) is 0. The number of aromatic carboxylic acids is 1. The molecule has 0 aliphatic heterocycles. The van der Waals surface area contributed by atoms with Gasteiger partial charge in [-0.25, -0.2) is 4.79 Å². The number of carbonyl (C=O) groups is 1. The standard InChI is InChI=1S/C9H11NO5/c1-14-7-4-5(9(12)13)3-6(8(7)11)10-15-2/h3-4,10-11H,1-2H3,(H,12,13). The number of phenols is 1. The monoisotopic (exact) mass is 213 g/mol. The highest BCUT2D eigenvalue weighted by molar-refractivity contribution is 5.90. The number of ether oxygens (including phenoxy) is 1. The molecular formula is C9H11NO5. The molecule has 6 heteroatoms. The smallest absolute Gasteiger partial charge is 0.335 e. The van der Waals surface area contributed by atoms with Crippen LogP contribution in [0.15, 0.2) is 12.1 Å². The molecule has 0 aromatic heterocycles. The van der Waals surface area contributed by atoms with Crippen LogP contribution in [0.5, 0.6) is 11.5 Å². The third-order valence-electron chi connectivity index (χ3n) is 1.75. The summed E-state index contributed by atoms with van der Waals surface area (Å²) in [4.78, 5) is 15.3. The quantitative estimate of drug-likeness (QED) is 0.512. The average molecular weight is 213 g/mol. The molecule has 0 saturated carbocycles. The Morgan fingerprint density at radius 1 is 1.40 bits per heavy atom. The minimum absolute atomic E-state index is 0.01000. The van der Waals surface area contributed by atoms with E-state index < -0.39 is 5.97 Å². The third kappa shape index (κ3) is 2.29. The lowest BCUT2D eigenvalue weighted by molar-refractivity contribution is 0.0696. The molecule has 0 heterocycles. The molecule has 3 N–H and O–H groups in total. The number of rotatable bonds is 4. The van der Waals surface area contributed by atoms with Crippen LogP contribution in [-0.4, -0.2) is 30.4 Å². The van der Waals surface area contributed by atoms with Gasteiger partial charge in [-0.1, -0.05) is 0 Å². The van der Waals surface area contributed by atoms with Crippen LogP contribution < -0.4 is 10.2 Å². The first kappa shape index (κ1) is 11.1.